The molecule has 0 aromatic heterocycles. The van der Waals surface area contributed by atoms with Crippen LogP contribution in [0.15, 0.2) is 36.4 Å². The van der Waals surface area contributed by atoms with E-state index in [0.717, 1.165) is 5.56 Å². The van der Waals surface area contributed by atoms with Crippen molar-refractivity contribution in [1.29, 1.82) is 0 Å². The standard InChI is InChI=1S/C15H14Cl2N2O2/c1-9-5-11(7-12(6-9)21-2)19-15(20)18-10-3-4-13(16)14(17)8-10/h3-8H,1-2H3,(H2,18,19,20). The van der Waals surface area contributed by atoms with E-state index in [1.165, 1.54) is 0 Å². The molecule has 0 saturated heterocycles. The number of benzene rings is 2. The van der Waals surface area contributed by atoms with Gasteiger partial charge in [-0.2, -0.15) is 0 Å². The van der Waals surface area contributed by atoms with Crippen LogP contribution in [0.1, 0.15) is 5.56 Å². The Balaban J connectivity index is 2.07. The maximum Gasteiger partial charge on any atom is 0.323 e. The van der Waals surface area contributed by atoms with Crippen LogP contribution in [0, 0.1) is 6.92 Å². The van der Waals surface area contributed by atoms with Gasteiger partial charge in [0.25, 0.3) is 0 Å². The van der Waals surface area contributed by atoms with Crippen molar-refractivity contribution in [3.8, 4) is 5.75 Å². The second-order valence-electron chi connectivity index (χ2n) is 4.45. The first kappa shape index (κ1) is 15.5. The Labute approximate surface area is 133 Å². The number of carbonyl (C=O) groups excluding carboxylic acids is 1. The number of aryl methyl sites for hydroxylation is 1. The first-order chi connectivity index (χ1) is 9.97. The second-order valence-corrected chi connectivity index (χ2v) is 5.26. The Morgan fingerprint density at radius 3 is 2.38 bits per heavy atom. The highest BCUT2D eigenvalue weighted by Gasteiger charge is 2.06. The van der Waals surface area contributed by atoms with E-state index in [2.05, 4.69) is 10.6 Å². The van der Waals surface area contributed by atoms with Gasteiger partial charge in [0.1, 0.15) is 5.75 Å². The van der Waals surface area contributed by atoms with Crippen molar-refractivity contribution in [1.82, 2.24) is 0 Å². The first-order valence-electron chi connectivity index (χ1n) is 6.16. The molecule has 2 rings (SSSR count). The van der Waals surface area contributed by atoms with Crippen LogP contribution in [0.25, 0.3) is 0 Å². The quantitative estimate of drug-likeness (QED) is 0.838. The lowest BCUT2D eigenvalue weighted by atomic mass is 10.2. The molecule has 0 bridgehead atoms. The van der Waals surface area contributed by atoms with Crippen molar-refractivity contribution in [2.45, 2.75) is 6.92 Å². The molecule has 0 radical (unpaired) electrons. The Morgan fingerprint density at radius 2 is 1.71 bits per heavy atom. The number of hydrogen-bond acceptors (Lipinski definition) is 2. The van der Waals surface area contributed by atoms with Gasteiger partial charge in [0.2, 0.25) is 0 Å². The summed E-state index contributed by atoms with van der Waals surface area (Å²) in [5, 5.41) is 6.23. The molecule has 0 saturated carbocycles. The van der Waals surface area contributed by atoms with Gasteiger partial charge in [0, 0.05) is 17.4 Å². The Hall–Kier alpha value is -1.91. The molecule has 0 heterocycles. The van der Waals surface area contributed by atoms with Gasteiger partial charge in [-0.15, -0.1) is 0 Å². The molecule has 0 aliphatic carbocycles. The largest absolute Gasteiger partial charge is 0.497 e. The second kappa shape index (κ2) is 6.70. The fourth-order valence-corrected chi connectivity index (χ4v) is 2.10. The molecule has 2 amide bonds. The summed E-state index contributed by atoms with van der Waals surface area (Å²) in [4.78, 5) is 11.9. The first-order valence-corrected chi connectivity index (χ1v) is 6.92. The summed E-state index contributed by atoms with van der Waals surface area (Å²) in [6, 6.07) is 9.96. The third kappa shape index (κ3) is 4.28. The van der Waals surface area contributed by atoms with Crippen LogP contribution < -0.4 is 15.4 Å². The van der Waals surface area contributed by atoms with E-state index >= 15 is 0 Å². The summed E-state index contributed by atoms with van der Waals surface area (Å²) in [6.45, 7) is 1.92. The summed E-state index contributed by atoms with van der Waals surface area (Å²) >= 11 is 11.7. The molecule has 0 aliphatic heterocycles. The fraction of sp³-hybridized carbons (Fsp3) is 0.133. The predicted molar refractivity (Wildman–Crippen MR) is 86.8 cm³/mol. The average molecular weight is 325 g/mol. The van der Waals surface area contributed by atoms with Crippen molar-refractivity contribution in [2.75, 3.05) is 17.7 Å². The molecular formula is C15H14Cl2N2O2. The highest BCUT2D eigenvalue weighted by atomic mass is 35.5. The number of hydrogen-bond donors (Lipinski definition) is 2. The summed E-state index contributed by atoms with van der Waals surface area (Å²) in [5.41, 5.74) is 2.19. The van der Waals surface area contributed by atoms with Crippen molar-refractivity contribution in [3.63, 3.8) is 0 Å². The van der Waals surface area contributed by atoms with Gasteiger partial charge in [-0.3, -0.25) is 0 Å². The number of rotatable bonds is 3. The number of halogens is 2. The molecule has 0 fully saturated rings. The molecule has 0 spiro atoms. The number of amides is 2. The minimum atomic E-state index is -0.374. The number of ether oxygens (including phenoxy) is 1. The molecule has 110 valence electrons. The van der Waals surface area contributed by atoms with Crippen LogP contribution in [0.2, 0.25) is 10.0 Å². The van der Waals surface area contributed by atoms with E-state index in [9.17, 15) is 4.79 Å². The monoisotopic (exact) mass is 324 g/mol. The Kier molecular flexibility index (Phi) is 4.94. The predicted octanol–water partition coefficient (Wildman–Crippen LogP) is 4.95. The summed E-state index contributed by atoms with van der Waals surface area (Å²) in [5.74, 6) is 0.680. The van der Waals surface area contributed by atoms with Gasteiger partial charge in [-0.1, -0.05) is 23.2 Å². The van der Waals surface area contributed by atoms with E-state index in [4.69, 9.17) is 27.9 Å². The molecule has 2 N–H and O–H groups in total. The molecule has 2 aromatic rings. The smallest absolute Gasteiger partial charge is 0.323 e. The lowest BCUT2D eigenvalue weighted by molar-refractivity contribution is 0.262. The maximum atomic E-state index is 11.9. The Morgan fingerprint density at radius 1 is 1.00 bits per heavy atom. The van der Waals surface area contributed by atoms with Crippen LogP contribution in [0.4, 0.5) is 16.2 Å². The zero-order valence-corrected chi connectivity index (χ0v) is 13.0. The van der Waals surface area contributed by atoms with E-state index in [1.807, 2.05) is 19.1 Å². The van der Waals surface area contributed by atoms with Crippen LogP contribution in [0.5, 0.6) is 5.75 Å². The van der Waals surface area contributed by atoms with Crippen LogP contribution in [-0.2, 0) is 0 Å². The van der Waals surface area contributed by atoms with Gasteiger partial charge >= 0.3 is 6.03 Å². The normalized spacial score (nSPS) is 10.1. The van der Waals surface area contributed by atoms with E-state index in [0.29, 0.717) is 27.2 Å². The van der Waals surface area contributed by atoms with Gasteiger partial charge in [-0.25, -0.2) is 4.79 Å². The highest BCUT2D eigenvalue weighted by Crippen LogP contribution is 2.25. The van der Waals surface area contributed by atoms with Gasteiger partial charge in [-0.05, 0) is 42.8 Å². The van der Waals surface area contributed by atoms with Crippen molar-refractivity contribution in [2.24, 2.45) is 0 Å². The molecular weight excluding hydrogens is 311 g/mol. The lowest BCUT2D eigenvalue weighted by Crippen LogP contribution is -2.19. The molecule has 0 unspecified atom stereocenters. The number of methoxy groups -OCH3 is 1. The summed E-state index contributed by atoms with van der Waals surface area (Å²) in [7, 11) is 1.58. The lowest BCUT2D eigenvalue weighted by Gasteiger charge is -2.10. The maximum absolute atomic E-state index is 11.9. The van der Waals surface area contributed by atoms with Crippen molar-refractivity contribution in [3.05, 3.63) is 52.0 Å². The average Bonchev–Trinajstić information content (AvgIpc) is 2.42. The van der Waals surface area contributed by atoms with Gasteiger partial charge in [0.05, 0.1) is 17.2 Å². The summed E-state index contributed by atoms with van der Waals surface area (Å²) in [6.07, 6.45) is 0. The van der Waals surface area contributed by atoms with Crippen LogP contribution in [0.3, 0.4) is 0 Å². The van der Waals surface area contributed by atoms with Crippen molar-refractivity contribution >= 4 is 40.6 Å². The third-order valence-electron chi connectivity index (χ3n) is 2.72. The molecule has 4 nitrogen and oxygen atoms in total. The number of urea groups is 1. The molecule has 6 heteroatoms. The Bertz CT molecular complexity index is 675. The molecule has 0 atom stereocenters. The third-order valence-corrected chi connectivity index (χ3v) is 3.46. The number of carbonyl (C=O) groups is 1. The molecule has 21 heavy (non-hydrogen) atoms. The van der Waals surface area contributed by atoms with Crippen LogP contribution >= 0.6 is 23.2 Å². The molecule has 2 aromatic carbocycles. The van der Waals surface area contributed by atoms with Crippen LogP contribution in [-0.4, -0.2) is 13.1 Å². The summed E-state index contributed by atoms with van der Waals surface area (Å²) < 4.78 is 5.16. The SMILES string of the molecule is COc1cc(C)cc(NC(=O)Nc2ccc(Cl)c(Cl)c2)c1. The minimum Gasteiger partial charge on any atom is -0.497 e. The van der Waals surface area contributed by atoms with Gasteiger partial charge in [0.15, 0.2) is 0 Å². The number of anilines is 2. The molecule has 0 aliphatic rings. The van der Waals surface area contributed by atoms with E-state index < -0.39 is 0 Å². The van der Waals surface area contributed by atoms with Gasteiger partial charge < -0.3 is 15.4 Å². The topological polar surface area (TPSA) is 50.4 Å². The van der Waals surface area contributed by atoms with Crippen molar-refractivity contribution < 1.29 is 9.53 Å². The van der Waals surface area contributed by atoms with E-state index in [-0.39, 0.29) is 6.03 Å². The zero-order chi connectivity index (χ0) is 15.4. The number of nitrogens with one attached hydrogen (secondary N) is 2. The highest BCUT2D eigenvalue weighted by molar-refractivity contribution is 6.42. The zero-order valence-electron chi connectivity index (χ0n) is 11.5. The van der Waals surface area contributed by atoms with E-state index in [1.54, 1.807) is 31.4 Å². The minimum absolute atomic E-state index is 0.374. The fourth-order valence-electron chi connectivity index (χ4n) is 1.81.